The van der Waals surface area contributed by atoms with Crippen LogP contribution >= 0.6 is 0 Å². The van der Waals surface area contributed by atoms with Crippen molar-refractivity contribution >= 4 is 6.09 Å². The van der Waals surface area contributed by atoms with Crippen molar-refractivity contribution in [2.24, 2.45) is 0 Å². The molecule has 1 rings (SSSR count). The Morgan fingerprint density at radius 1 is 2.00 bits per heavy atom. The molecule has 0 aromatic carbocycles. The van der Waals surface area contributed by atoms with Crippen molar-refractivity contribution in [3.63, 3.8) is 0 Å². The molecule has 11 heavy (non-hydrogen) atoms. The summed E-state index contributed by atoms with van der Waals surface area (Å²) < 4.78 is 47.3. The van der Waals surface area contributed by atoms with Gasteiger partial charge in [0.15, 0.2) is 0 Å². The molecule has 0 aromatic heterocycles. The summed E-state index contributed by atoms with van der Waals surface area (Å²) in [6.07, 6.45) is -1.38. The first-order chi connectivity index (χ1) is 7.47. The van der Waals surface area contributed by atoms with E-state index in [0.717, 1.165) is 0 Å². The van der Waals surface area contributed by atoms with Crippen LogP contribution in [0.3, 0.4) is 0 Å². The zero-order valence-electron chi connectivity index (χ0n) is 11.8. The normalized spacial score (nSPS) is 35.0. The lowest BCUT2D eigenvalue weighted by molar-refractivity contribution is 0.0596. The van der Waals surface area contributed by atoms with Crippen molar-refractivity contribution in [3.8, 4) is 0 Å². The van der Waals surface area contributed by atoms with Crippen molar-refractivity contribution in [2.45, 2.75) is 31.8 Å². The van der Waals surface area contributed by atoms with Gasteiger partial charge in [-0.25, -0.2) is 4.79 Å². The van der Waals surface area contributed by atoms with E-state index in [9.17, 15) is 9.90 Å². The number of alkyl carbamates (subject to hydrolysis) is 1. The first-order valence-corrected chi connectivity index (χ1v) is 3.13. The van der Waals surface area contributed by atoms with E-state index in [0.29, 0.717) is 0 Å². The average Bonchev–Trinajstić information content (AvgIpc) is 2.47. The van der Waals surface area contributed by atoms with Crippen LogP contribution < -0.4 is 5.32 Å². The molecule has 4 nitrogen and oxygen atoms in total. The van der Waals surface area contributed by atoms with Crippen LogP contribution in [0.4, 0.5) is 4.79 Å². The molecule has 1 fully saturated rings. The lowest BCUT2D eigenvalue weighted by Crippen LogP contribution is -2.34. The molecular weight excluding hydrogens is 146 g/mol. The van der Waals surface area contributed by atoms with Gasteiger partial charge in [0.2, 0.25) is 0 Å². The molecule has 0 unspecified atom stereocenters. The Hall–Kier alpha value is -0.770. The first kappa shape index (κ1) is 3.31. The van der Waals surface area contributed by atoms with Gasteiger partial charge < -0.3 is 15.2 Å². The Morgan fingerprint density at radius 2 is 2.73 bits per heavy atom. The highest BCUT2D eigenvalue weighted by molar-refractivity contribution is 5.69. The smallest absolute Gasteiger partial charge is 0.407 e. The molecule has 1 amide bonds. The molecule has 0 radical (unpaired) electrons. The van der Waals surface area contributed by atoms with Gasteiger partial charge in [0.1, 0.15) is 6.61 Å². The van der Waals surface area contributed by atoms with Gasteiger partial charge in [-0.15, -0.1) is 0 Å². The summed E-state index contributed by atoms with van der Waals surface area (Å²) in [6, 6.07) is -0.826. The highest BCUT2D eigenvalue weighted by Gasteiger charge is 2.27. The summed E-state index contributed by atoms with van der Waals surface area (Å²) in [5.41, 5.74) is -2.87. The predicted molar refractivity (Wildman–Crippen MR) is 39.2 cm³/mol. The number of cyclic esters (lactones) is 1. The van der Waals surface area contributed by atoms with Gasteiger partial charge in [0.05, 0.1) is 11.6 Å². The Bertz CT molecular complexity index is 298. The molecule has 1 atom stereocenters. The van der Waals surface area contributed by atoms with Crippen molar-refractivity contribution in [3.05, 3.63) is 0 Å². The van der Waals surface area contributed by atoms with E-state index < -0.39 is 37.9 Å². The maximum atomic E-state index is 10.7. The number of hydrogen-bond donors (Lipinski definition) is 2. The molecule has 1 aliphatic heterocycles. The lowest BCUT2D eigenvalue weighted by atomic mass is 10.0. The van der Waals surface area contributed by atoms with Crippen LogP contribution in [-0.4, -0.2) is 29.4 Å². The van der Waals surface area contributed by atoms with Crippen LogP contribution in [0.25, 0.3) is 0 Å². The van der Waals surface area contributed by atoms with Crippen LogP contribution in [0.2, 0.25) is 0 Å². The third-order valence-corrected chi connectivity index (χ3v) is 1.28. The Kier molecular flexibility index (Phi) is 0.811. The van der Waals surface area contributed by atoms with E-state index in [1.54, 1.807) is 0 Å². The van der Waals surface area contributed by atoms with Crippen LogP contribution in [0.15, 0.2) is 0 Å². The minimum Gasteiger partial charge on any atom is -0.447 e. The summed E-state index contributed by atoms with van der Waals surface area (Å²) in [7, 11) is 0. The van der Waals surface area contributed by atoms with Crippen molar-refractivity contribution in [1.29, 1.82) is 0 Å². The second-order valence-corrected chi connectivity index (χ2v) is 2.50. The standard InChI is InChI=1S/C7H13NO3/c1-7(2,10)3-5-4-11-6(9)8-5/h5,10H,3-4H2,1-2H3,(H,8,9)/t5-/m0/s1/i1D3,2D3. The number of amides is 1. The molecule has 4 heteroatoms. The molecule has 0 spiro atoms. The van der Waals surface area contributed by atoms with Crippen molar-refractivity contribution in [2.75, 3.05) is 6.61 Å². The van der Waals surface area contributed by atoms with Crippen LogP contribution in [0.1, 0.15) is 28.3 Å². The number of rotatable bonds is 2. The van der Waals surface area contributed by atoms with Gasteiger partial charge in [0.25, 0.3) is 0 Å². The van der Waals surface area contributed by atoms with Crippen LogP contribution in [0, 0.1) is 0 Å². The highest BCUT2D eigenvalue weighted by Crippen LogP contribution is 2.13. The molecule has 1 aliphatic rings. The van der Waals surface area contributed by atoms with Gasteiger partial charge in [-0.05, 0) is 20.1 Å². The minimum absolute atomic E-state index is 0.159. The molecule has 1 heterocycles. The largest absolute Gasteiger partial charge is 0.447 e. The molecule has 64 valence electrons. The fourth-order valence-corrected chi connectivity index (χ4v) is 0.893. The van der Waals surface area contributed by atoms with Crippen molar-refractivity contribution in [1.82, 2.24) is 5.32 Å². The number of carbonyl (C=O) groups is 1. The zero-order chi connectivity index (χ0) is 13.5. The second kappa shape index (κ2) is 2.70. The third kappa shape index (κ3) is 2.76. The lowest BCUT2D eigenvalue weighted by Gasteiger charge is -2.19. The van der Waals surface area contributed by atoms with E-state index in [1.165, 1.54) is 0 Å². The molecule has 0 aliphatic carbocycles. The maximum Gasteiger partial charge on any atom is 0.407 e. The molecule has 1 saturated heterocycles. The van der Waals surface area contributed by atoms with E-state index >= 15 is 0 Å². The van der Waals surface area contributed by atoms with Gasteiger partial charge in [0, 0.05) is 8.22 Å². The topological polar surface area (TPSA) is 58.6 Å². The summed E-state index contributed by atoms with van der Waals surface area (Å²) >= 11 is 0. The Labute approximate surface area is 74.0 Å². The van der Waals surface area contributed by atoms with E-state index in [1.807, 2.05) is 0 Å². The first-order valence-electron chi connectivity index (χ1n) is 6.13. The number of carbonyl (C=O) groups excluding carboxylic acids is 1. The van der Waals surface area contributed by atoms with Gasteiger partial charge in [-0.1, -0.05) is 0 Å². The highest BCUT2D eigenvalue weighted by atomic mass is 16.6. The number of aliphatic hydroxyl groups is 1. The monoisotopic (exact) mass is 165 g/mol. The van der Waals surface area contributed by atoms with E-state index in [4.69, 9.17) is 8.22 Å². The summed E-state index contributed by atoms with van der Waals surface area (Å²) in [4.78, 5) is 10.7. The fourth-order valence-electron chi connectivity index (χ4n) is 0.893. The van der Waals surface area contributed by atoms with Gasteiger partial charge in [-0.2, -0.15) is 0 Å². The molecule has 0 aromatic rings. The zero-order valence-corrected chi connectivity index (χ0v) is 5.76. The number of ether oxygens (including phenoxy) is 1. The van der Waals surface area contributed by atoms with Crippen LogP contribution in [-0.2, 0) is 4.74 Å². The van der Waals surface area contributed by atoms with Crippen LogP contribution in [0.5, 0.6) is 0 Å². The van der Waals surface area contributed by atoms with E-state index in [2.05, 4.69) is 10.1 Å². The SMILES string of the molecule is [2H]C([2H])([2H])C(O)(C[C@H]1COC(=O)N1)C([2H])([2H])[2H]. The molecule has 2 N–H and O–H groups in total. The molecule has 0 bridgehead atoms. The average molecular weight is 165 g/mol. The fraction of sp³-hybridized carbons (Fsp3) is 0.857. The van der Waals surface area contributed by atoms with E-state index in [-0.39, 0.29) is 6.61 Å². The summed E-state index contributed by atoms with van der Waals surface area (Å²) in [6.45, 7) is -6.32. The second-order valence-electron chi connectivity index (χ2n) is 2.50. The number of nitrogens with one attached hydrogen (secondary N) is 1. The summed E-state index contributed by atoms with van der Waals surface area (Å²) in [5, 5.41) is 12.1. The van der Waals surface area contributed by atoms with Gasteiger partial charge >= 0.3 is 6.09 Å². The summed E-state index contributed by atoms with van der Waals surface area (Å²) in [5.74, 6) is 0. The Morgan fingerprint density at radius 3 is 3.18 bits per heavy atom. The third-order valence-electron chi connectivity index (χ3n) is 1.28. The Balaban J connectivity index is 2.90. The minimum atomic E-state index is -3.08. The quantitative estimate of drug-likeness (QED) is 0.617. The molecule has 0 saturated carbocycles. The van der Waals surface area contributed by atoms with Gasteiger partial charge in [-0.3, -0.25) is 0 Å². The maximum absolute atomic E-state index is 10.7. The number of hydrogen-bond acceptors (Lipinski definition) is 3. The van der Waals surface area contributed by atoms with Crippen molar-refractivity contribution < 1.29 is 22.9 Å². The predicted octanol–water partition coefficient (Wildman–Crippen LogP) is 0.256. The molecular formula is C7H13NO3.